The zero-order chi connectivity index (χ0) is 20.6. The molecule has 0 unspecified atom stereocenters. The van der Waals surface area contributed by atoms with Gasteiger partial charge in [0, 0.05) is 0 Å². The first-order valence-electron chi connectivity index (χ1n) is 8.68. The summed E-state index contributed by atoms with van der Waals surface area (Å²) in [5.41, 5.74) is 0.752. The summed E-state index contributed by atoms with van der Waals surface area (Å²) < 4.78 is 28.7. The van der Waals surface area contributed by atoms with E-state index in [1.165, 1.54) is 25.3 Å². The van der Waals surface area contributed by atoms with Crippen LogP contribution in [0.25, 0.3) is 0 Å². The predicted molar refractivity (Wildman–Crippen MR) is 99.5 cm³/mol. The number of halogens is 1. The van der Waals surface area contributed by atoms with Crippen LogP contribution in [0.1, 0.15) is 17.3 Å². The fourth-order valence-corrected chi connectivity index (χ4v) is 2.50. The minimum atomic E-state index is -0.635. The first-order valence-corrected chi connectivity index (χ1v) is 8.68. The van der Waals surface area contributed by atoms with E-state index in [-0.39, 0.29) is 42.6 Å². The third-order valence-corrected chi connectivity index (χ3v) is 3.86. The third kappa shape index (κ3) is 5.61. The second-order valence-electron chi connectivity index (χ2n) is 5.96. The lowest BCUT2D eigenvalue weighted by Gasteiger charge is -2.08. The van der Waals surface area contributed by atoms with Gasteiger partial charge in [0.25, 0.3) is 5.89 Å². The van der Waals surface area contributed by atoms with Crippen molar-refractivity contribution in [2.75, 3.05) is 12.4 Å². The number of aromatic nitrogens is 2. The lowest BCUT2D eigenvalue weighted by molar-refractivity contribution is -0.145. The molecule has 0 saturated carbocycles. The van der Waals surface area contributed by atoms with Crippen molar-refractivity contribution in [2.45, 2.75) is 19.4 Å². The van der Waals surface area contributed by atoms with Crippen molar-refractivity contribution in [1.82, 2.24) is 10.1 Å². The quantitative estimate of drug-likeness (QED) is 0.581. The molecule has 9 heteroatoms. The van der Waals surface area contributed by atoms with Crippen LogP contribution in [0.5, 0.6) is 5.75 Å². The molecule has 0 aliphatic carbocycles. The van der Waals surface area contributed by atoms with E-state index in [2.05, 4.69) is 15.5 Å². The van der Waals surface area contributed by atoms with E-state index in [4.69, 9.17) is 14.0 Å². The van der Waals surface area contributed by atoms with E-state index < -0.39 is 11.8 Å². The smallest absolute Gasteiger partial charge is 0.310 e. The van der Waals surface area contributed by atoms with Gasteiger partial charge in [0.05, 0.1) is 25.6 Å². The lowest BCUT2D eigenvalue weighted by Crippen LogP contribution is -2.15. The van der Waals surface area contributed by atoms with E-state index in [1.807, 2.05) is 0 Å². The highest BCUT2D eigenvalue weighted by Gasteiger charge is 2.15. The van der Waals surface area contributed by atoms with Gasteiger partial charge in [0.2, 0.25) is 5.91 Å². The summed E-state index contributed by atoms with van der Waals surface area (Å²) >= 11 is 0. The van der Waals surface area contributed by atoms with Crippen molar-refractivity contribution in [2.24, 2.45) is 0 Å². The van der Waals surface area contributed by atoms with Crippen molar-refractivity contribution < 1.29 is 28.0 Å². The van der Waals surface area contributed by atoms with Gasteiger partial charge in [-0.15, -0.1) is 0 Å². The second kappa shape index (κ2) is 9.45. The van der Waals surface area contributed by atoms with E-state index in [0.29, 0.717) is 11.4 Å². The Bertz CT molecular complexity index is 1010. The molecule has 0 spiro atoms. The Labute approximate surface area is 165 Å². The highest BCUT2D eigenvalue weighted by molar-refractivity contribution is 5.93. The molecule has 1 N–H and O–H groups in total. The van der Waals surface area contributed by atoms with Crippen molar-refractivity contribution in [3.63, 3.8) is 0 Å². The summed E-state index contributed by atoms with van der Waals surface area (Å²) in [6, 6.07) is 12.9. The molecule has 1 aromatic heterocycles. The van der Waals surface area contributed by atoms with Gasteiger partial charge in [-0.05, 0) is 23.8 Å². The average Bonchev–Trinajstić information content (AvgIpc) is 3.16. The first kappa shape index (κ1) is 20.0. The molecule has 0 fully saturated rings. The Hall–Kier alpha value is -3.75. The van der Waals surface area contributed by atoms with Crippen molar-refractivity contribution in [3.05, 3.63) is 71.6 Å². The molecule has 150 valence electrons. The highest BCUT2D eigenvalue weighted by atomic mass is 19.1. The van der Waals surface area contributed by atoms with Crippen LogP contribution >= 0.6 is 0 Å². The van der Waals surface area contributed by atoms with Crippen molar-refractivity contribution in [3.8, 4) is 5.75 Å². The van der Waals surface area contributed by atoms with Gasteiger partial charge in [-0.1, -0.05) is 35.5 Å². The molecule has 0 aliphatic heterocycles. The van der Waals surface area contributed by atoms with Gasteiger partial charge >= 0.3 is 5.97 Å². The predicted octanol–water partition coefficient (Wildman–Crippen LogP) is 2.68. The van der Waals surface area contributed by atoms with Crippen molar-refractivity contribution >= 4 is 17.6 Å². The molecule has 1 amide bonds. The fourth-order valence-electron chi connectivity index (χ4n) is 2.50. The molecular weight excluding hydrogens is 381 g/mol. The van der Waals surface area contributed by atoms with Crippen LogP contribution in [0.4, 0.5) is 10.1 Å². The molecule has 3 rings (SSSR count). The Morgan fingerprint density at radius 2 is 1.86 bits per heavy atom. The number of para-hydroxylation sites is 2. The zero-order valence-corrected chi connectivity index (χ0v) is 15.6. The maximum absolute atomic E-state index is 13.5. The van der Waals surface area contributed by atoms with Crippen LogP contribution in [-0.2, 0) is 33.8 Å². The van der Waals surface area contributed by atoms with Crippen LogP contribution in [0.2, 0.25) is 0 Å². The Morgan fingerprint density at radius 3 is 2.66 bits per heavy atom. The number of anilines is 1. The van der Waals surface area contributed by atoms with Crippen LogP contribution in [0.3, 0.4) is 0 Å². The number of hydrogen-bond acceptors (Lipinski definition) is 7. The van der Waals surface area contributed by atoms with E-state index in [9.17, 15) is 14.0 Å². The van der Waals surface area contributed by atoms with Crippen LogP contribution < -0.4 is 10.1 Å². The van der Waals surface area contributed by atoms with Gasteiger partial charge in [0.1, 0.15) is 11.6 Å². The molecule has 3 aromatic rings. The molecule has 8 nitrogen and oxygen atoms in total. The number of amides is 1. The molecule has 0 radical (unpaired) electrons. The molecule has 0 saturated heterocycles. The minimum Gasteiger partial charge on any atom is -0.495 e. The molecule has 29 heavy (non-hydrogen) atoms. The summed E-state index contributed by atoms with van der Waals surface area (Å²) in [6.07, 6.45) is -0.348. The Kier molecular flexibility index (Phi) is 6.51. The molecule has 2 aromatic carbocycles. The van der Waals surface area contributed by atoms with Crippen LogP contribution in [0, 0.1) is 5.82 Å². The van der Waals surface area contributed by atoms with E-state index >= 15 is 0 Å². The standard InChI is InChI=1S/C20H18FN3O5/c1-27-16-9-5-4-8-15(16)22-18(25)11-17-23-19(29-24-17)12-28-20(26)10-13-6-2-3-7-14(13)21/h2-9H,10-12H2,1H3,(H,22,25). The van der Waals surface area contributed by atoms with Gasteiger partial charge in [-0.25, -0.2) is 4.39 Å². The summed E-state index contributed by atoms with van der Waals surface area (Å²) in [5.74, 6) is -0.784. The van der Waals surface area contributed by atoms with Gasteiger partial charge in [-0.2, -0.15) is 4.98 Å². The number of benzene rings is 2. The number of carbonyl (C=O) groups is 2. The number of carbonyl (C=O) groups excluding carboxylic acids is 2. The topological polar surface area (TPSA) is 104 Å². The normalized spacial score (nSPS) is 10.4. The fraction of sp³-hybridized carbons (Fsp3) is 0.200. The molecule has 1 heterocycles. The van der Waals surface area contributed by atoms with Crippen LogP contribution in [0.15, 0.2) is 53.1 Å². The average molecular weight is 399 g/mol. The first-order chi connectivity index (χ1) is 14.0. The van der Waals surface area contributed by atoms with Gasteiger partial charge in [-0.3, -0.25) is 9.59 Å². The summed E-state index contributed by atoms with van der Waals surface area (Å²) in [7, 11) is 1.50. The highest BCUT2D eigenvalue weighted by Crippen LogP contribution is 2.23. The largest absolute Gasteiger partial charge is 0.495 e. The molecule has 0 aliphatic rings. The monoisotopic (exact) mass is 399 g/mol. The minimum absolute atomic E-state index is 0.0342. The summed E-state index contributed by atoms with van der Waals surface area (Å²) in [6.45, 7) is -0.269. The van der Waals surface area contributed by atoms with Crippen LogP contribution in [-0.4, -0.2) is 29.1 Å². The zero-order valence-electron chi connectivity index (χ0n) is 15.6. The van der Waals surface area contributed by atoms with E-state index in [1.54, 1.807) is 30.3 Å². The summed E-state index contributed by atoms with van der Waals surface area (Å²) in [4.78, 5) is 28.0. The number of nitrogens with zero attached hydrogens (tertiary/aromatic N) is 2. The van der Waals surface area contributed by atoms with E-state index in [0.717, 1.165) is 0 Å². The number of esters is 1. The number of hydrogen-bond donors (Lipinski definition) is 1. The Morgan fingerprint density at radius 1 is 1.10 bits per heavy atom. The molecule has 0 atom stereocenters. The SMILES string of the molecule is COc1ccccc1NC(=O)Cc1noc(COC(=O)Cc2ccccc2F)n1. The number of nitrogens with one attached hydrogen (secondary N) is 1. The molecule has 0 bridgehead atoms. The maximum Gasteiger partial charge on any atom is 0.310 e. The number of rotatable bonds is 8. The van der Waals surface area contributed by atoms with Gasteiger partial charge < -0.3 is 19.3 Å². The van der Waals surface area contributed by atoms with Crippen molar-refractivity contribution in [1.29, 1.82) is 0 Å². The Balaban J connectivity index is 1.49. The second-order valence-corrected chi connectivity index (χ2v) is 5.96. The number of ether oxygens (including phenoxy) is 2. The lowest BCUT2D eigenvalue weighted by atomic mass is 10.1. The maximum atomic E-state index is 13.5. The third-order valence-electron chi connectivity index (χ3n) is 3.86. The van der Waals surface area contributed by atoms with Gasteiger partial charge in [0.15, 0.2) is 12.4 Å². The summed E-state index contributed by atoms with van der Waals surface area (Å²) in [5, 5.41) is 6.38. The number of methoxy groups -OCH3 is 1. The molecular formula is C20H18FN3O5.